The number of nitrogens with zero attached hydrogens (tertiary/aromatic N) is 1. The number of benzene rings is 2. The SMILES string of the molecule is CCNC(=NCC(=O)Nc1ccc(F)c(F)c1F)NCC(C)Oc1ccccc1OC. The monoisotopic (exact) mass is 438 g/mol. The van der Waals surface area contributed by atoms with Crippen LogP contribution in [-0.4, -0.2) is 44.7 Å². The molecule has 0 heterocycles. The fourth-order valence-electron chi connectivity index (χ4n) is 2.52. The van der Waals surface area contributed by atoms with Crippen LogP contribution < -0.4 is 25.4 Å². The summed E-state index contributed by atoms with van der Waals surface area (Å²) in [7, 11) is 1.55. The van der Waals surface area contributed by atoms with Crippen LogP contribution in [0.2, 0.25) is 0 Å². The molecule has 7 nitrogen and oxygen atoms in total. The Kier molecular flexibility index (Phi) is 8.98. The molecule has 1 atom stereocenters. The first-order valence-electron chi connectivity index (χ1n) is 9.60. The second-order valence-electron chi connectivity index (χ2n) is 6.43. The number of para-hydroxylation sites is 2. The van der Waals surface area contributed by atoms with Gasteiger partial charge < -0.3 is 25.4 Å². The Morgan fingerprint density at radius 1 is 1.06 bits per heavy atom. The number of carbonyl (C=O) groups excluding carboxylic acids is 1. The van der Waals surface area contributed by atoms with Crippen molar-refractivity contribution in [1.82, 2.24) is 10.6 Å². The number of methoxy groups -OCH3 is 1. The molecule has 0 saturated heterocycles. The van der Waals surface area contributed by atoms with Gasteiger partial charge in [-0.1, -0.05) is 12.1 Å². The van der Waals surface area contributed by atoms with Gasteiger partial charge in [-0.25, -0.2) is 18.2 Å². The standard InChI is InChI=1S/C21H25F3N4O3/c1-4-25-21(26-11-13(2)31-17-8-6-5-7-16(17)30-3)27-12-18(29)28-15-10-9-14(22)19(23)20(15)24/h5-10,13H,4,11-12H2,1-3H3,(H,28,29)(H2,25,26,27). The van der Waals surface area contributed by atoms with E-state index in [0.717, 1.165) is 12.1 Å². The summed E-state index contributed by atoms with van der Waals surface area (Å²) in [6, 6.07) is 8.91. The van der Waals surface area contributed by atoms with Crippen molar-refractivity contribution < 1.29 is 27.4 Å². The first kappa shape index (κ1) is 23.8. The molecule has 1 amide bonds. The minimum absolute atomic E-state index is 0.259. The number of amides is 1. The third-order valence-electron chi connectivity index (χ3n) is 3.99. The van der Waals surface area contributed by atoms with Crippen molar-refractivity contribution in [2.45, 2.75) is 20.0 Å². The quantitative estimate of drug-likeness (QED) is 0.318. The molecule has 2 aromatic carbocycles. The molecule has 0 fully saturated rings. The number of hydrogen-bond acceptors (Lipinski definition) is 4. The summed E-state index contributed by atoms with van der Waals surface area (Å²) in [5.74, 6) is -3.62. The Morgan fingerprint density at radius 2 is 1.77 bits per heavy atom. The Balaban J connectivity index is 1.92. The number of ether oxygens (including phenoxy) is 2. The van der Waals surface area contributed by atoms with Crippen LogP contribution in [0.3, 0.4) is 0 Å². The van der Waals surface area contributed by atoms with E-state index in [1.54, 1.807) is 19.2 Å². The van der Waals surface area contributed by atoms with Gasteiger partial charge in [-0.05, 0) is 38.1 Å². The topological polar surface area (TPSA) is 84.0 Å². The third-order valence-corrected chi connectivity index (χ3v) is 3.99. The van der Waals surface area contributed by atoms with E-state index in [1.165, 1.54) is 0 Å². The van der Waals surface area contributed by atoms with E-state index in [-0.39, 0.29) is 12.6 Å². The first-order valence-corrected chi connectivity index (χ1v) is 9.60. The zero-order valence-electron chi connectivity index (χ0n) is 17.5. The van der Waals surface area contributed by atoms with Crippen LogP contribution in [0, 0.1) is 17.5 Å². The Morgan fingerprint density at radius 3 is 2.45 bits per heavy atom. The number of rotatable bonds is 9. The minimum Gasteiger partial charge on any atom is -0.493 e. The third kappa shape index (κ3) is 7.09. The zero-order valence-corrected chi connectivity index (χ0v) is 17.5. The molecular weight excluding hydrogens is 413 g/mol. The van der Waals surface area contributed by atoms with E-state index >= 15 is 0 Å². The van der Waals surface area contributed by atoms with Crippen LogP contribution in [-0.2, 0) is 4.79 Å². The molecule has 0 spiro atoms. The van der Waals surface area contributed by atoms with Crippen LogP contribution in [0.25, 0.3) is 0 Å². The molecule has 0 aliphatic carbocycles. The number of carbonyl (C=O) groups is 1. The number of hydrogen-bond donors (Lipinski definition) is 3. The summed E-state index contributed by atoms with van der Waals surface area (Å²) >= 11 is 0. The van der Waals surface area contributed by atoms with E-state index in [2.05, 4.69) is 20.9 Å². The van der Waals surface area contributed by atoms with E-state index in [9.17, 15) is 18.0 Å². The van der Waals surface area contributed by atoms with Crippen molar-refractivity contribution >= 4 is 17.6 Å². The van der Waals surface area contributed by atoms with E-state index in [1.807, 2.05) is 26.0 Å². The molecule has 2 rings (SSSR count). The summed E-state index contributed by atoms with van der Waals surface area (Å²) < 4.78 is 51.0. The average Bonchev–Trinajstić information content (AvgIpc) is 2.76. The molecule has 0 aliphatic rings. The predicted octanol–water partition coefficient (Wildman–Crippen LogP) is 3.07. The molecule has 168 valence electrons. The summed E-state index contributed by atoms with van der Waals surface area (Å²) in [5, 5.41) is 8.17. The van der Waals surface area contributed by atoms with Crippen molar-refractivity contribution in [1.29, 1.82) is 0 Å². The molecule has 2 aromatic rings. The van der Waals surface area contributed by atoms with E-state index in [4.69, 9.17) is 9.47 Å². The van der Waals surface area contributed by atoms with Gasteiger partial charge >= 0.3 is 0 Å². The lowest BCUT2D eigenvalue weighted by atomic mass is 10.3. The van der Waals surface area contributed by atoms with Crippen molar-refractivity contribution in [2.75, 3.05) is 32.1 Å². The molecule has 10 heteroatoms. The van der Waals surface area contributed by atoms with Crippen molar-refractivity contribution in [3.63, 3.8) is 0 Å². The largest absolute Gasteiger partial charge is 0.493 e. The molecule has 0 aliphatic heterocycles. The van der Waals surface area contributed by atoms with Gasteiger partial charge in [0.2, 0.25) is 5.91 Å². The van der Waals surface area contributed by atoms with Crippen LogP contribution in [0.4, 0.5) is 18.9 Å². The van der Waals surface area contributed by atoms with Gasteiger partial charge in [0.25, 0.3) is 0 Å². The highest BCUT2D eigenvalue weighted by Gasteiger charge is 2.15. The predicted molar refractivity (Wildman–Crippen MR) is 112 cm³/mol. The van der Waals surface area contributed by atoms with Gasteiger partial charge in [-0.15, -0.1) is 0 Å². The fourth-order valence-corrected chi connectivity index (χ4v) is 2.52. The number of aliphatic imine (C=N–C) groups is 1. The average molecular weight is 438 g/mol. The minimum atomic E-state index is -1.65. The maximum Gasteiger partial charge on any atom is 0.246 e. The Hall–Kier alpha value is -3.43. The highest BCUT2D eigenvalue weighted by molar-refractivity contribution is 5.94. The van der Waals surface area contributed by atoms with Gasteiger partial charge in [0.15, 0.2) is 34.9 Å². The molecular formula is C21H25F3N4O3. The second kappa shape index (κ2) is 11.7. The fraction of sp³-hybridized carbons (Fsp3) is 0.333. The second-order valence-corrected chi connectivity index (χ2v) is 6.43. The summed E-state index contributed by atoms with van der Waals surface area (Å²) in [4.78, 5) is 16.1. The summed E-state index contributed by atoms with van der Waals surface area (Å²) in [5.41, 5.74) is -0.462. The number of halogens is 3. The van der Waals surface area contributed by atoms with E-state index in [0.29, 0.717) is 30.5 Å². The molecule has 0 bridgehead atoms. The first-order chi connectivity index (χ1) is 14.8. The van der Waals surface area contributed by atoms with Gasteiger partial charge in [-0.3, -0.25) is 4.79 Å². The normalized spacial score (nSPS) is 12.1. The zero-order chi connectivity index (χ0) is 22.8. The smallest absolute Gasteiger partial charge is 0.246 e. The Bertz CT molecular complexity index is 925. The summed E-state index contributed by atoms with van der Waals surface area (Å²) in [6.45, 7) is 4.23. The highest BCUT2D eigenvalue weighted by atomic mass is 19.2. The molecule has 31 heavy (non-hydrogen) atoms. The van der Waals surface area contributed by atoms with Crippen LogP contribution in [0.15, 0.2) is 41.4 Å². The van der Waals surface area contributed by atoms with Gasteiger partial charge in [0.05, 0.1) is 19.3 Å². The Labute approximate surface area is 178 Å². The number of anilines is 1. The van der Waals surface area contributed by atoms with Crippen LogP contribution in [0.5, 0.6) is 11.5 Å². The molecule has 0 aromatic heterocycles. The van der Waals surface area contributed by atoms with Crippen LogP contribution in [0.1, 0.15) is 13.8 Å². The van der Waals surface area contributed by atoms with Gasteiger partial charge in [-0.2, -0.15) is 0 Å². The highest BCUT2D eigenvalue weighted by Crippen LogP contribution is 2.26. The van der Waals surface area contributed by atoms with E-state index < -0.39 is 29.0 Å². The van der Waals surface area contributed by atoms with Crippen molar-refractivity contribution in [3.8, 4) is 11.5 Å². The lowest BCUT2D eigenvalue weighted by molar-refractivity contribution is -0.114. The number of nitrogens with one attached hydrogen (secondary N) is 3. The number of guanidine groups is 1. The van der Waals surface area contributed by atoms with Gasteiger partial charge in [0.1, 0.15) is 12.6 Å². The molecule has 3 N–H and O–H groups in total. The maximum absolute atomic E-state index is 13.7. The molecule has 0 saturated carbocycles. The lowest BCUT2D eigenvalue weighted by Crippen LogP contribution is -2.42. The lowest BCUT2D eigenvalue weighted by Gasteiger charge is -2.19. The summed E-state index contributed by atoms with van der Waals surface area (Å²) in [6.07, 6.45) is -0.259. The van der Waals surface area contributed by atoms with Gasteiger partial charge in [0, 0.05) is 6.54 Å². The van der Waals surface area contributed by atoms with Crippen molar-refractivity contribution in [3.05, 3.63) is 53.8 Å². The molecule has 0 radical (unpaired) electrons. The van der Waals surface area contributed by atoms with Crippen molar-refractivity contribution in [2.24, 2.45) is 4.99 Å². The van der Waals surface area contributed by atoms with Crippen LogP contribution >= 0.6 is 0 Å². The molecule has 1 unspecified atom stereocenters. The maximum atomic E-state index is 13.7.